The summed E-state index contributed by atoms with van der Waals surface area (Å²) in [4.78, 5) is 28.2. The van der Waals surface area contributed by atoms with Crippen LogP contribution in [0, 0.1) is 18.3 Å². The summed E-state index contributed by atoms with van der Waals surface area (Å²) in [6.07, 6.45) is -0.255. The Hall–Kier alpha value is -2.25. The number of carbonyl (C=O) groups excluding carboxylic acids is 2. The van der Waals surface area contributed by atoms with Gasteiger partial charge in [0.05, 0.1) is 7.11 Å². The molecule has 0 bridgehead atoms. The molecule has 156 valence electrons. The van der Waals surface area contributed by atoms with Crippen molar-refractivity contribution in [3.63, 3.8) is 0 Å². The molecule has 2 fully saturated rings. The van der Waals surface area contributed by atoms with Gasteiger partial charge >= 0.3 is 12.1 Å². The van der Waals surface area contributed by atoms with Gasteiger partial charge in [-0.15, -0.1) is 0 Å². The van der Waals surface area contributed by atoms with Crippen molar-refractivity contribution in [2.24, 2.45) is 11.3 Å². The van der Waals surface area contributed by atoms with E-state index in [1.165, 1.54) is 7.11 Å². The Labute approximate surface area is 166 Å². The lowest BCUT2D eigenvalue weighted by Crippen LogP contribution is -2.73. The summed E-state index contributed by atoms with van der Waals surface area (Å²) < 4.78 is 15.9. The second-order valence-electron chi connectivity index (χ2n) is 9.43. The van der Waals surface area contributed by atoms with E-state index in [9.17, 15) is 9.59 Å². The maximum Gasteiger partial charge on any atom is 0.410 e. The zero-order chi connectivity index (χ0) is 20.9. The first-order valence-corrected chi connectivity index (χ1v) is 9.73. The predicted molar refractivity (Wildman–Crippen MR) is 103 cm³/mol. The Balaban J connectivity index is 1.61. The van der Waals surface area contributed by atoms with E-state index in [1.54, 1.807) is 4.90 Å². The zero-order valence-corrected chi connectivity index (χ0v) is 17.9. The molecule has 0 aromatic carbocycles. The van der Waals surface area contributed by atoms with Crippen LogP contribution in [0.4, 0.5) is 10.6 Å². The summed E-state index contributed by atoms with van der Waals surface area (Å²) in [6.45, 7) is 14.5. The molecule has 2 aliphatic heterocycles. The lowest BCUT2D eigenvalue weighted by Gasteiger charge is -2.59. The van der Waals surface area contributed by atoms with Gasteiger partial charge in [-0.3, -0.25) is 4.79 Å². The average Bonchev–Trinajstić information content (AvgIpc) is 2.84. The smallest absolute Gasteiger partial charge is 0.410 e. The summed E-state index contributed by atoms with van der Waals surface area (Å²) in [7, 11) is 1.39. The van der Waals surface area contributed by atoms with Crippen molar-refractivity contribution >= 4 is 17.9 Å². The number of carbonyl (C=O) groups is 2. The van der Waals surface area contributed by atoms with E-state index in [4.69, 9.17) is 14.0 Å². The number of likely N-dealkylation sites (tertiary alicyclic amines) is 1. The van der Waals surface area contributed by atoms with E-state index in [2.05, 4.69) is 10.1 Å². The van der Waals surface area contributed by atoms with Crippen LogP contribution in [0.5, 0.6) is 0 Å². The van der Waals surface area contributed by atoms with Gasteiger partial charge in [0.1, 0.15) is 11.5 Å². The maximum absolute atomic E-state index is 12.2. The molecule has 2 aliphatic rings. The maximum atomic E-state index is 12.2. The Kier molecular flexibility index (Phi) is 5.10. The fraction of sp³-hybridized carbons (Fsp3) is 0.750. The first-order valence-electron chi connectivity index (χ1n) is 9.73. The van der Waals surface area contributed by atoms with Gasteiger partial charge in [0.25, 0.3) is 0 Å². The summed E-state index contributed by atoms with van der Waals surface area (Å²) in [6, 6.07) is 0. The number of amides is 1. The van der Waals surface area contributed by atoms with Crippen LogP contribution in [0.1, 0.15) is 51.9 Å². The second-order valence-corrected chi connectivity index (χ2v) is 9.43. The topological polar surface area (TPSA) is 85.1 Å². The van der Waals surface area contributed by atoms with Gasteiger partial charge in [-0.05, 0) is 33.6 Å². The molecule has 8 nitrogen and oxygen atoms in total. The van der Waals surface area contributed by atoms with Gasteiger partial charge < -0.3 is 23.8 Å². The quantitative estimate of drug-likeness (QED) is 0.727. The van der Waals surface area contributed by atoms with Crippen molar-refractivity contribution in [2.45, 2.75) is 53.1 Å². The van der Waals surface area contributed by atoms with Gasteiger partial charge in [-0.1, -0.05) is 19.0 Å². The molecule has 1 amide bonds. The van der Waals surface area contributed by atoms with Crippen molar-refractivity contribution in [2.75, 3.05) is 38.2 Å². The average molecular weight is 393 g/mol. The Morgan fingerprint density at radius 1 is 1.18 bits per heavy atom. The number of anilines is 1. The number of hydrogen-bond acceptors (Lipinski definition) is 7. The number of rotatable bonds is 4. The largest absolute Gasteiger partial charge is 0.468 e. The number of esters is 1. The zero-order valence-electron chi connectivity index (χ0n) is 17.9. The summed E-state index contributed by atoms with van der Waals surface area (Å²) >= 11 is 0. The number of aromatic nitrogens is 1. The highest BCUT2D eigenvalue weighted by molar-refractivity contribution is 5.78. The summed E-state index contributed by atoms with van der Waals surface area (Å²) in [5.74, 6) is 0.608. The predicted octanol–water partition coefficient (Wildman–Crippen LogP) is 2.95. The number of ether oxygens (including phenoxy) is 2. The van der Waals surface area contributed by atoms with Crippen LogP contribution in [-0.2, 0) is 14.3 Å². The van der Waals surface area contributed by atoms with E-state index >= 15 is 0 Å². The van der Waals surface area contributed by atoms with Crippen molar-refractivity contribution in [1.29, 1.82) is 0 Å². The Morgan fingerprint density at radius 2 is 1.79 bits per heavy atom. The van der Waals surface area contributed by atoms with Crippen LogP contribution >= 0.6 is 0 Å². The number of nitrogens with zero attached hydrogens (tertiary/aromatic N) is 3. The SMILES string of the molecule is COC(=O)C(c1onc(N2CC3(CN(C(=O)OC(C)(C)C)C3)C2)c1C)C(C)C. The fourth-order valence-electron chi connectivity index (χ4n) is 4.07. The molecular weight excluding hydrogens is 362 g/mol. The molecule has 0 aliphatic carbocycles. The highest BCUT2D eigenvalue weighted by atomic mass is 16.6. The van der Waals surface area contributed by atoms with Gasteiger partial charge in [-0.25, -0.2) is 4.79 Å². The molecule has 0 N–H and O–H groups in total. The minimum absolute atomic E-state index is 0.0451. The highest BCUT2D eigenvalue weighted by Gasteiger charge is 2.55. The standard InChI is InChI=1S/C20H31N3O5/c1-12(2)14(17(24)26-7)15-13(3)16(21-28-15)22-8-20(9-22)10-23(11-20)18(25)27-19(4,5)6/h12,14H,8-11H2,1-7H3. The first kappa shape index (κ1) is 20.5. The Bertz CT molecular complexity index is 750. The van der Waals surface area contributed by atoms with Gasteiger partial charge in [-0.2, -0.15) is 0 Å². The van der Waals surface area contributed by atoms with Crippen LogP contribution in [0.3, 0.4) is 0 Å². The van der Waals surface area contributed by atoms with Crippen LogP contribution in [0.2, 0.25) is 0 Å². The third kappa shape index (κ3) is 3.69. The van der Waals surface area contributed by atoms with E-state index in [1.807, 2.05) is 41.5 Å². The molecule has 0 radical (unpaired) electrons. The molecule has 1 atom stereocenters. The number of hydrogen-bond donors (Lipinski definition) is 0. The van der Waals surface area contributed by atoms with Crippen molar-refractivity contribution in [3.05, 3.63) is 11.3 Å². The minimum atomic E-state index is -0.480. The molecule has 2 saturated heterocycles. The monoisotopic (exact) mass is 393 g/mol. The highest BCUT2D eigenvalue weighted by Crippen LogP contribution is 2.44. The minimum Gasteiger partial charge on any atom is -0.468 e. The van der Waals surface area contributed by atoms with E-state index < -0.39 is 11.5 Å². The molecule has 0 saturated carbocycles. The first-order chi connectivity index (χ1) is 13.0. The van der Waals surface area contributed by atoms with Gasteiger partial charge in [0, 0.05) is 37.2 Å². The lowest BCUT2D eigenvalue weighted by atomic mass is 9.73. The Morgan fingerprint density at radius 3 is 2.29 bits per heavy atom. The summed E-state index contributed by atoms with van der Waals surface area (Å²) in [5.41, 5.74) is 0.497. The van der Waals surface area contributed by atoms with Crippen LogP contribution in [-0.4, -0.2) is 61.0 Å². The molecule has 3 rings (SSSR count). The van der Waals surface area contributed by atoms with Gasteiger partial charge in [0.2, 0.25) is 0 Å². The molecule has 1 unspecified atom stereocenters. The number of methoxy groups -OCH3 is 1. The van der Waals surface area contributed by atoms with Crippen molar-refractivity contribution in [1.82, 2.24) is 10.1 Å². The van der Waals surface area contributed by atoms with Crippen LogP contribution in [0.15, 0.2) is 4.52 Å². The molecule has 1 aromatic rings. The molecular formula is C20H31N3O5. The molecule has 3 heterocycles. The third-order valence-electron chi connectivity index (χ3n) is 5.40. The van der Waals surface area contributed by atoms with Crippen molar-refractivity contribution < 1.29 is 23.6 Å². The summed E-state index contributed by atoms with van der Waals surface area (Å²) in [5, 5.41) is 4.22. The van der Waals surface area contributed by atoms with E-state index in [-0.39, 0.29) is 23.4 Å². The van der Waals surface area contributed by atoms with Gasteiger partial charge in [0.15, 0.2) is 11.6 Å². The molecule has 8 heteroatoms. The lowest BCUT2D eigenvalue weighted by molar-refractivity contribution is -0.144. The van der Waals surface area contributed by atoms with E-state index in [0.29, 0.717) is 18.8 Å². The fourth-order valence-corrected chi connectivity index (χ4v) is 4.07. The van der Waals surface area contributed by atoms with Crippen LogP contribution < -0.4 is 4.90 Å². The molecule has 1 spiro atoms. The normalized spacial score (nSPS) is 19.3. The van der Waals surface area contributed by atoms with Crippen LogP contribution in [0.25, 0.3) is 0 Å². The van der Waals surface area contributed by atoms with Crippen molar-refractivity contribution in [3.8, 4) is 0 Å². The third-order valence-corrected chi connectivity index (χ3v) is 5.40. The van der Waals surface area contributed by atoms with E-state index in [0.717, 1.165) is 24.5 Å². The molecule has 28 heavy (non-hydrogen) atoms. The second kappa shape index (κ2) is 6.97. The molecule has 1 aromatic heterocycles.